The lowest BCUT2D eigenvalue weighted by atomic mass is 9.96. The molecule has 0 aliphatic carbocycles. The Hall–Kier alpha value is -0.830. The van der Waals surface area contributed by atoms with E-state index in [4.69, 9.17) is 0 Å². The maximum atomic E-state index is 11.3. The lowest BCUT2D eigenvalue weighted by molar-refractivity contribution is -0.116. The molecule has 14 heavy (non-hydrogen) atoms. The molecule has 0 saturated heterocycles. The van der Waals surface area contributed by atoms with Crippen molar-refractivity contribution in [3.05, 3.63) is 12.2 Å². The third-order valence-corrected chi connectivity index (χ3v) is 1.59. The number of amides is 1. The van der Waals surface area contributed by atoms with Crippen LogP contribution < -0.4 is 5.32 Å². The summed E-state index contributed by atoms with van der Waals surface area (Å²) in [6.07, 6.45) is 3.52. The van der Waals surface area contributed by atoms with E-state index in [1.54, 1.807) is 6.08 Å². The average molecular weight is 198 g/mol. The van der Waals surface area contributed by atoms with E-state index in [9.17, 15) is 4.79 Å². The number of hydrogen-bond acceptors (Lipinski definition) is 2. The molecule has 0 aromatic heterocycles. The molecule has 0 aliphatic rings. The molecular weight excluding hydrogens is 176 g/mol. The SMILES string of the molecule is CN(C)CCNC(=O)C=CC(C)(C)C. The molecule has 0 atom stereocenters. The summed E-state index contributed by atoms with van der Waals surface area (Å²) in [7, 11) is 3.97. The normalized spacial score (nSPS) is 12.4. The fraction of sp³-hybridized carbons (Fsp3) is 0.727. The fourth-order valence-corrected chi connectivity index (χ4v) is 0.787. The molecule has 0 aliphatic heterocycles. The number of rotatable bonds is 4. The first kappa shape index (κ1) is 13.2. The first-order chi connectivity index (χ1) is 6.31. The summed E-state index contributed by atoms with van der Waals surface area (Å²) in [6.45, 7) is 7.76. The molecule has 0 spiro atoms. The summed E-state index contributed by atoms with van der Waals surface area (Å²) >= 11 is 0. The molecule has 1 amide bonds. The number of carbonyl (C=O) groups excluding carboxylic acids is 1. The van der Waals surface area contributed by atoms with Gasteiger partial charge in [0.1, 0.15) is 0 Å². The first-order valence-electron chi connectivity index (χ1n) is 4.93. The van der Waals surface area contributed by atoms with Crippen LogP contribution in [0.25, 0.3) is 0 Å². The van der Waals surface area contributed by atoms with Gasteiger partial charge in [0.15, 0.2) is 0 Å². The van der Waals surface area contributed by atoms with E-state index < -0.39 is 0 Å². The molecule has 0 fully saturated rings. The summed E-state index contributed by atoms with van der Waals surface area (Å²) in [5.41, 5.74) is 0.0683. The number of allylic oxidation sites excluding steroid dienone is 1. The van der Waals surface area contributed by atoms with Crippen LogP contribution >= 0.6 is 0 Å². The highest BCUT2D eigenvalue weighted by Gasteiger charge is 2.04. The molecule has 0 bridgehead atoms. The Bertz CT molecular complexity index is 202. The second-order valence-electron chi connectivity index (χ2n) is 4.79. The highest BCUT2D eigenvalue weighted by Crippen LogP contribution is 2.13. The molecule has 3 nitrogen and oxygen atoms in total. The number of carbonyl (C=O) groups is 1. The summed E-state index contributed by atoms with van der Waals surface area (Å²) in [5.74, 6) is -0.0122. The second-order valence-corrected chi connectivity index (χ2v) is 4.79. The second kappa shape index (κ2) is 5.81. The maximum Gasteiger partial charge on any atom is 0.243 e. The van der Waals surface area contributed by atoms with Crippen LogP contribution in [0, 0.1) is 5.41 Å². The van der Waals surface area contributed by atoms with Crippen LogP contribution in [0.3, 0.4) is 0 Å². The van der Waals surface area contributed by atoms with Gasteiger partial charge in [0.05, 0.1) is 0 Å². The van der Waals surface area contributed by atoms with Crippen LogP contribution in [0.4, 0.5) is 0 Å². The number of hydrogen-bond donors (Lipinski definition) is 1. The Morgan fingerprint density at radius 2 is 1.93 bits per heavy atom. The van der Waals surface area contributed by atoms with Crippen molar-refractivity contribution < 1.29 is 4.79 Å². The van der Waals surface area contributed by atoms with Gasteiger partial charge in [0.25, 0.3) is 0 Å². The van der Waals surface area contributed by atoms with Gasteiger partial charge in [0.2, 0.25) is 5.91 Å². The van der Waals surface area contributed by atoms with Crippen molar-refractivity contribution in [1.82, 2.24) is 10.2 Å². The lowest BCUT2D eigenvalue weighted by Gasteiger charge is -2.12. The van der Waals surface area contributed by atoms with Crippen LogP contribution in [0.15, 0.2) is 12.2 Å². The molecule has 0 rings (SSSR count). The Kier molecular flexibility index (Phi) is 5.46. The zero-order valence-electron chi connectivity index (χ0n) is 9.92. The summed E-state index contributed by atoms with van der Waals surface area (Å²) in [6, 6.07) is 0. The minimum Gasteiger partial charge on any atom is -0.351 e. The van der Waals surface area contributed by atoms with Crippen molar-refractivity contribution in [2.24, 2.45) is 5.41 Å². The van der Waals surface area contributed by atoms with Gasteiger partial charge < -0.3 is 10.2 Å². The van der Waals surface area contributed by atoms with Crippen molar-refractivity contribution in [1.29, 1.82) is 0 Å². The molecule has 0 unspecified atom stereocenters. The monoisotopic (exact) mass is 198 g/mol. The largest absolute Gasteiger partial charge is 0.351 e. The molecule has 3 heteroatoms. The van der Waals surface area contributed by atoms with Crippen LogP contribution in [-0.4, -0.2) is 38.0 Å². The van der Waals surface area contributed by atoms with E-state index >= 15 is 0 Å². The van der Waals surface area contributed by atoms with Crippen molar-refractivity contribution >= 4 is 5.91 Å². The Morgan fingerprint density at radius 3 is 2.36 bits per heavy atom. The van der Waals surface area contributed by atoms with Crippen LogP contribution in [0.5, 0.6) is 0 Å². The highest BCUT2D eigenvalue weighted by molar-refractivity contribution is 5.87. The van der Waals surface area contributed by atoms with E-state index in [1.165, 1.54) is 0 Å². The average Bonchev–Trinajstić information content (AvgIpc) is 1.99. The van der Waals surface area contributed by atoms with Gasteiger partial charge in [-0.1, -0.05) is 26.8 Å². The van der Waals surface area contributed by atoms with Gasteiger partial charge in [0, 0.05) is 13.1 Å². The third kappa shape index (κ3) is 9.26. The zero-order chi connectivity index (χ0) is 11.2. The van der Waals surface area contributed by atoms with Crippen molar-refractivity contribution in [2.75, 3.05) is 27.2 Å². The smallest absolute Gasteiger partial charge is 0.243 e. The minimum absolute atomic E-state index is 0.0122. The van der Waals surface area contributed by atoms with Crippen molar-refractivity contribution in [2.45, 2.75) is 20.8 Å². The van der Waals surface area contributed by atoms with Gasteiger partial charge in [-0.2, -0.15) is 0 Å². The molecule has 0 aromatic rings. The third-order valence-electron chi connectivity index (χ3n) is 1.59. The standard InChI is InChI=1S/C11H22N2O/c1-11(2,3)7-6-10(14)12-8-9-13(4)5/h6-7H,8-9H2,1-5H3,(H,12,14). The number of likely N-dealkylation sites (N-methyl/N-ethyl adjacent to an activating group) is 1. The Labute approximate surface area is 87.2 Å². The van der Waals surface area contributed by atoms with Gasteiger partial charge >= 0.3 is 0 Å². The van der Waals surface area contributed by atoms with Crippen LogP contribution in [-0.2, 0) is 4.79 Å². The van der Waals surface area contributed by atoms with Gasteiger partial charge in [-0.05, 0) is 25.6 Å². The zero-order valence-corrected chi connectivity index (χ0v) is 9.92. The molecule has 0 aromatic carbocycles. The van der Waals surface area contributed by atoms with E-state index in [1.807, 2.05) is 25.1 Å². The van der Waals surface area contributed by atoms with Crippen LogP contribution in [0.1, 0.15) is 20.8 Å². The predicted octanol–water partition coefficient (Wildman–Crippen LogP) is 1.27. The fourth-order valence-electron chi connectivity index (χ4n) is 0.787. The first-order valence-corrected chi connectivity index (χ1v) is 4.93. The molecule has 0 radical (unpaired) electrons. The van der Waals surface area contributed by atoms with E-state index in [0.29, 0.717) is 6.54 Å². The molecule has 0 saturated carbocycles. The quantitative estimate of drug-likeness (QED) is 0.690. The highest BCUT2D eigenvalue weighted by atomic mass is 16.1. The van der Waals surface area contributed by atoms with Crippen molar-refractivity contribution in [3.63, 3.8) is 0 Å². The predicted molar refractivity (Wildman–Crippen MR) is 60.2 cm³/mol. The number of nitrogens with zero attached hydrogens (tertiary/aromatic N) is 1. The van der Waals surface area contributed by atoms with Crippen molar-refractivity contribution in [3.8, 4) is 0 Å². The molecule has 0 heterocycles. The molecule has 1 N–H and O–H groups in total. The number of nitrogens with one attached hydrogen (secondary N) is 1. The Balaban J connectivity index is 3.72. The topological polar surface area (TPSA) is 32.3 Å². The summed E-state index contributed by atoms with van der Waals surface area (Å²) in [4.78, 5) is 13.3. The van der Waals surface area contributed by atoms with Gasteiger partial charge in [-0.25, -0.2) is 0 Å². The van der Waals surface area contributed by atoms with E-state index in [2.05, 4.69) is 26.1 Å². The Morgan fingerprint density at radius 1 is 1.36 bits per heavy atom. The van der Waals surface area contributed by atoms with Gasteiger partial charge in [-0.15, -0.1) is 0 Å². The lowest BCUT2D eigenvalue weighted by Crippen LogP contribution is -2.30. The summed E-state index contributed by atoms with van der Waals surface area (Å²) < 4.78 is 0. The van der Waals surface area contributed by atoms with E-state index in [-0.39, 0.29) is 11.3 Å². The summed E-state index contributed by atoms with van der Waals surface area (Å²) in [5, 5.41) is 2.82. The molecule has 82 valence electrons. The van der Waals surface area contributed by atoms with Crippen LogP contribution in [0.2, 0.25) is 0 Å². The minimum atomic E-state index is -0.0122. The maximum absolute atomic E-state index is 11.3. The van der Waals surface area contributed by atoms with Gasteiger partial charge in [-0.3, -0.25) is 4.79 Å². The molecular formula is C11H22N2O. The van der Waals surface area contributed by atoms with E-state index in [0.717, 1.165) is 6.54 Å².